The summed E-state index contributed by atoms with van der Waals surface area (Å²) in [7, 11) is 0. The number of nitrogens with zero attached hydrogens (tertiary/aromatic N) is 3. The summed E-state index contributed by atoms with van der Waals surface area (Å²) in [6.07, 6.45) is 3.37. The Kier molecular flexibility index (Phi) is 8.51. The number of anilines is 2. The summed E-state index contributed by atoms with van der Waals surface area (Å²) in [6, 6.07) is 5.65. The van der Waals surface area contributed by atoms with Crippen molar-refractivity contribution in [3.05, 3.63) is 23.2 Å². The van der Waals surface area contributed by atoms with Gasteiger partial charge in [-0.3, -0.25) is 9.59 Å². The monoisotopic (exact) mass is 438 g/mol. The molecular weight excluding hydrogens is 408 g/mol. The minimum absolute atomic E-state index is 0.0999. The third kappa shape index (κ3) is 6.52. The van der Waals surface area contributed by atoms with E-state index in [-0.39, 0.29) is 17.6 Å². The number of rotatable bonds is 7. The van der Waals surface area contributed by atoms with Gasteiger partial charge in [-0.1, -0.05) is 18.5 Å². The molecule has 8 heteroatoms. The zero-order chi connectivity index (χ0) is 20.6. The van der Waals surface area contributed by atoms with Crippen LogP contribution < -0.4 is 10.2 Å². The predicted molar refractivity (Wildman–Crippen MR) is 122 cm³/mol. The van der Waals surface area contributed by atoms with Crippen molar-refractivity contribution in [1.82, 2.24) is 9.80 Å². The number of amides is 2. The summed E-state index contributed by atoms with van der Waals surface area (Å²) in [5, 5.41) is 3.60. The summed E-state index contributed by atoms with van der Waals surface area (Å²) in [4.78, 5) is 31.4. The van der Waals surface area contributed by atoms with E-state index in [1.807, 2.05) is 23.1 Å². The van der Waals surface area contributed by atoms with Crippen molar-refractivity contribution in [2.75, 3.05) is 67.5 Å². The molecule has 0 aliphatic carbocycles. The number of piperidine rings is 1. The third-order valence-corrected chi connectivity index (χ3v) is 6.71. The lowest BCUT2D eigenvalue weighted by Gasteiger charge is -2.36. The van der Waals surface area contributed by atoms with Crippen molar-refractivity contribution < 1.29 is 9.59 Å². The van der Waals surface area contributed by atoms with Crippen LogP contribution in [0.1, 0.15) is 26.2 Å². The molecule has 2 aliphatic rings. The summed E-state index contributed by atoms with van der Waals surface area (Å²) in [6.45, 7) is 8.82. The van der Waals surface area contributed by atoms with Crippen molar-refractivity contribution in [3.63, 3.8) is 0 Å². The standard InChI is InChI=1S/C21H31ClN4O2S/c1-2-24-10-12-25(13-11-24)19-7-6-17(22)14-18(19)23-20(27)15-29-16-21(28)26-8-4-3-5-9-26/h6-7,14H,2-5,8-13,15-16H2,1H3,(H,23,27). The second-order valence-electron chi connectivity index (χ2n) is 7.57. The number of nitrogens with one attached hydrogen (secondary N) is 1. The molecule has 2 amide bonds. The molecule has 1 aromatic rings. The molecule has 0 atom stereocenters. The van der Waals surface area contributed by atoms with Crippen LogP contribution in [-0.4, -0.2) is 78.9 Å². The van der Waals surface area contributed by atoms with Gasteiger partial charge >= 0.3 is 0 Å². The van der Waals surface area contributed by atoms with E-state index >= 15 is 0 Å². The van der Waals surface area contributed by atoms with Crippen LogP contribution in [0.2, 0.25) is 5.02 Å². The molecule has 0 aromatic heterocycles. The minimum atomic E-state index is -0.0999. The quantitative estimate of drug-likeness (QED) is 0.708. The van der Waals surface area contributed by atoms with E-state index in [0.29, 0.717) is 10.8 Å². The van der Waals surface area contributed by atoms with E-state index in [1.54, 1.807) is 0 Å². The van der Waals surface area contributed by atoms with Gasteiger partial charge in [-0.25, -0.2) is 0 Å². The van der Waals surface area contributed by atoms with Gasteiger partial charge in [0, 0.05) is 44.3 Å². The maximum Gasteiger partial charge on any atom is 0.234 e. The zero-order valence-corrected chi connectivity index (χ0v) is 18.7. The first-order valence-electron chi connectivity index (χ1n) is 10.5. The smallest absolute Gasteiger partial charge is 0.234 e. The van der Waals surface area contributed by atoms with E-state index in [1.165, 1.54) is 18.2 Å². The van der Waals surface area contributed by atoms with E-state index < -0.39 is 0 Å². The number of carbonyl (C=O) groups excluding carboxylic acids is 2. The van der Waals surface area contributed by atoms with E-state index in [9.17, 15) is 9.59 Å². The molecule has 2 heterocycles. The van der Waals surface area contributed by atoms with Crippen LogP contribution in [-0.2, 0) is 9.59 Å². The number of likely N-dealkylation sites (N-methyl/N-ethyl adjacent to an activating group) is 1. The Labute approximate surface area is 182 Å². The molecule has 29 heavy (non-hydrogen) atoms. The second kappa shape index (κ2) is 11.1. The molecule has 0 saturated carbocycles. The van der Waals surface area contributed by atoms with E-state index in [2.05, 4.69) is 22.0 Å². The second-order valence-corrected chi connectivity index (χ2v) is 8.99. The highest BCUT2D eigenvalue weighted by molar-refractivity contribution is 8.00. The summed E-state index contributed by atoms with van der Waals surface area (Å²) < 4.78 is 0. The molecule has 0 unspecified atom stereocenters. The number of hydrogen-bond acceptors (Lipinski definition) is 5. The first kappa shape index (κ1) is 22.2. The third-order valence-electron chi connectivity index (χ3n) is 5.56. The average molecular weight is 439 g/mol. The Hall–Kier alpha value is -1.44. The molecule has 1 N–H and O–H groups in total. The Bertz CT molecular complexity index is 704. The van der Waals surface area contributed by atoms with Crippen molar-refractivity contribution >= 4 is 46.6 Å². The highest BCUT2D eigenvalue weighted by Gasteiger charge is 2.20. The van der Waals surface area contributed by atoms with E-state index in [4.69, 9.17) is 11.6 Å². The van der Waals surface area contributed by atoms with Crippen molar-refractivity contribution in [1.29, 1.82) is 0 Å². The fraction of sp³-hybridized carbons (Fsp3) is 0.619. The van der Waals surface area contributed by atoms with E-state index in [0.717, 1.165) is 70.0 Å². The number of hydrogen-bond donors (Lipinski definition) is 1. The zero-order valence-electron chi connectivity index (χ0n) is 17.2. The Morgan fingerprint density at radius 2 is 1.76 bits per heavy atom. The Morgan fingerprint density at radius 3 is 2.45 bits per heavy atom. The molecule has 6 nitrogen and oxygen atoms in total. The maximum absolute atomic E-state index is 12.5. The maximum atomic E-state index is 12.5. The van der Waals surface area contributed by atoms with Crippen LogP contribution in [0.15, 0.2) is 18.2 Å². The van der Waals surface area contributed by atoms with Crippen LogP contribution in [0.3, 0.4) is 0 Å². The predicted octanol–water partition coefficient (Wildman–Crippen LogP) is 3.17. The highest BCUT2D eigenvalue weighted by atomic mass is 35.5. The van der Waals surface area contributed by atoms with Crippen LogP contribution in [0.5, 0.6) is 0 Å². The van der Waals surface area contributed by atoms with Gasteiger partial charge < -0.3 is 20.0 Å². The largest absolute Gasteiger partial charge is 0.367 e. The molecule has 160 valence electrons. The Morgan fingerprint density at radius 1 is 1.03 bits per heavy atom. The van der Waals surface area contributed by atoms with Gasteiger partial charge in [0.2, 0.25) is 11.8 Å². The van der Waals surface area contributed by atoms with Crippen molar-refractivity contribution in [2.45, 2.75) is 26.2 Å². The van der Waals surface area contributed by atoms with Gasteiger partial charge in [-0.2, -0.15) is 0 Å². The first-order chi connectivity index (χ1) is 14.1. The fourth-order valence-electron chi connectivity index (χ4n) is 3.84. The lowest BCUT2D eigenvalue weighted by molar-refractivity contribution is -0.129. The van der Waals surface area contributed by atoms with Gasteiger partial charge in [-0.05, 0) is 44.0 Å². The van der Waals surface area contributed by atoms with Crippen LogP contribution in [0.25, 0.3) is 0 Å². The van der Waals surface area contributed by atoms with Gasteiger partial charge in [-0.15, -0.1) is 11.8 Å². The minimum Gasteiger partial charge on any atom is -0.367 e. The SMILES string of the molecule is CCN1CCN(c2ccc(Cl)cc2NC(=O)CSCC(=O)N2CCCCC2)CC1. The molecular formula is C21H31ClN4O2S. The number of halogens is 1. The molecule has 0 radical (unpaired) electrons. The molecule has 2 aliphatic heterocycles. The number of carbonyl (C=O) groups is 2. The first-order valence-corrected chi connectivity index (χ1v) is 12.0. The highest BCUT2D eigenvalue weighted by Crippen LogP contribution is 2.30. The molecule has 2 saturated heterocycles. The molecule has 3 rings (SSSR count). The average Bonchev–Trinajstić information content (AvgIpc) is 2.74. The van der Waals surface area contributed by atoms with Crippen LogP contribution >= 0.6 is 23.4 Å². The number of likely N-dealkylation sites (tertiary alicyclic amines) is 1. The van der Waals surface area contributed by atoms with Gasteiger partial charge in [0.25, 0.3) is 0 Å². The number of thioether (sulfide) groups is 1. The molecule has 1 aromatic carbocycles. The summed E-state index contributed by atoms with van der Waals surface area (Å²) >= 11 is 7.56. The van der Waals surface area contributed by atoms with Crippen LogP contribution in [0, 0.1) is 0 Å². The summed E-state index contributed by atoms with van der Waals surface area (Å²) in [5.74, 6) is 0.654. The van der Waals surface area contributed by atoms with Crippen LogP contribution in [0.4, 0.5) is 11.4 Å². The normalized spacial score (nSPS) is 18.0. The topological polar surface area (TPSA) is 55.9 Å². The number of benzene rings is 1. The van der Waals surface area contributed by atoms with Gasteiger partial charge in [0.05, 0.1) is 22.9 Å². The Balaban J connectivity index is 1.51. The molecule has 0 spiro atoms. The lowest BCUT2D eigenvalue weighted by atomic mass is 10.1. The fourth-order valence-corrected chi connectivity index (χ4v) is 4.73. The summed E-state index contributed by atoms with van der Waals surface area (Å²) in [5.41, 5.74) is 1.75. The molecule has 2 fully saturated rings. The van der Waals surface area contributed by atoms with Crippen molar-refractivity contribution in [2.24, 2.45) is 0 Å². The van der Waals surface area contributed by atoms with Gasteiger partial charge in [0.15, 0.2) is 0 Å². The molecule has 0 bridgehead atoms. The van der Waals surface area contributed by atoms with Gasteiger partial charge in [0.1, 0.15) is 0 Å². The van der Waals surface area contributed by atoms with Crippen molar-refractivity contribution in [3.8, 4) is 0 Å². The number of piperazine rings is 1. The lowest BCUT2D eigenvalue weighted by Crippen LogP contribution is -2.46.